The van der Waals surface area contributed by atoms with Crippen molar-refractivity contribution in [1.82, 2.24) is 24.9 Å². The van der Waals surface area contributed by atoms with Gasteiger partial charge in [0.05, 0.1) is 27.8 Å². The molecule has 15 nitrogen and oxygen atoms in total. The summed E-state index contributed by atoms with van der Waals surface area (Å²) < 4.78 is 0. The summed E-state index contributed by atoms with van der Waals surface area (Å²) >= 11 is 0. The Kier molecular flexibility index (Phi) is 19.6. The van der Waals surface area contributed by atoms with Crippen LogP contribution in [0.5, 0.6) is 0 Å². The van der Waals surface area contributed by atoms with Gasteiger partial charge in [-0.25, -0.2) is 24.0 Å². The Labute approximate surface area is 267 Å². The third-order valence-electron chi connectivity index (χ3n) is 4.54. The summed E-state index contributed by atoms with van der Waals surface area (Å²) in [7, 11) is 0. The minimum Gasteiger partial charge on any atom is -0.478 e. The Morgan fingerprint density at radius 2 is 0.500 bits per heavy atom. The molecule has 0 aromatic carbocycles. The van der Waals surface area contributed by atoms with Crippen LogP contribution < -0.4 is 0 Å². The van der Waals surface area contributed by atoms with Gasteiger partial charge in [-0.15, -0.1) is 12.4 Å². The van der Waals surface area contributed by atoms with E-state index in [2.05, 4.69) is 24.9 Å². The van der Waals surface area contributed by atoms with Crippen LogP contribution in [0.4, 0.5) is 0 Å². The number of halogens is 1. The zero-order chi connectivity index (χ0) is 33.5. The third kappa shape index (κ3) is 17.4. The minimum absolute atomic E-state index is 0. The number of nitrogens with zero attached hydrogens (tertiary/aromatic N) is 5. The lowest BCUT2D eigenvalue weighted by Gasteiger charge is -1.87. The van der Waals surface area contributed by atoms with Crippen LogP contribution in [0.25, 0.3) is 0 Å². The molecular weight excluding hydrogens is 626 g/mol. The van der Waals surface area contributed by atoms with Gasteiger partial charge < -0.3 is 25.5 Å². The van der Waals surface area contributed by atoms with E-state index in [0.29, 0.717) is 0 Å². The van der Waals surface area contributed by atoms with Gasteiger partial charge in [-0.05, 0) is 60.7 Å². The number of aromatic carboxylic acids is 5. The highest BCUT2D eigenvalue weighted by atomic mass is 35.5. The van der Waals surface area contributed by atoms with Gasteiger partial charge in [0.25, 0.3) is 0 Å². The summed E-state index contributed by atoms with van der Waals surface area (Å²) in [5.41, 5.74) is 1.10. The van der Waals surface area contributed by atoms with Gasteiger partial charge in [0.2, 0.25) is 0 Å². The van der Waals surface area contributed by atoms with Crippen molar-refractivity contribution in [1.29, 1.82) is 0 Å². The van der Waals surface area contributed by atoms with Crippen molar-refractivity contribution in [2.24, 2.45) is 0 Å². The number of hydrogen-bond donors (Lipinski definition) is 5. The molecule has 0 saturated heterocycles. The maximum Gasteiger partial charge on any atom is 0.337 e. The Morgan fingerprint density at radius 1 is 0.348 bits per heavy atom. The van der Waals surface area contributed by atoms with Gasteiger partial charge in [-0.1, -0.05) is 0 Å². The van der Waals surface area contributed by atoms with Gasteiger partial charge in [0.1, 0.15) is 0 Å². The second-order valence-electron chi connectivity index (χ2n) is 7.73. The molecule has 0 bridgehead atoms. The topological polar surface area (TPSA) is 251 Å². The van der Waals surface area contributed by atoms with Crippen LogP contribution >= 0.6 is 12.4 Å². The van der Waals surface area contributed by atoms with E-state index in [9.17, 15) is 24.0 Å². The molecule has 5 N–H and O–H groups in total. The predicted octanol–water partition coefficient (Wildman–Crippen LogP) is 4.32. The van der Waals surface area contributed by atoms with Crippen LogP contribution in [0.15, 0.2) is 123 Å². The number of rotatable bonds is 5. The van der Waals surface area contributed by atoms with Gasteiger partial charge in [-0.2, -0.15) is 0 Å². The maximum absolute atomic E-state index is 10.2. The molecule has 0 atom stereocenters. The van der Waals surface area contributed by atoms with Gasteiger partial charge >= 0.3 is 29.8 Å². The van der Waals surface area contributed by atoms with Crippen molar-refractivity contribution < 1.29 is 49.5 Å². The van der Waals surface area contributed by atoms with E-state index in [0.717, 1.165) is 0 Å². The zero-order valence-corrected chi connectivity index (χ0v) is 24.3. The van der Waals surface area contributed by atoms with Gasteiger partial charge in [0, 0.05) is 62.0 Å². The second kappa shape index (κ2) is 22.9. The number of hydrogen-bond acceptors (Lipinski definition) is 10. The standard InChI is InChI=1S/5C6H5NO2.ClH/c5*8-6(9)5-2-1-3-7-4-5;/h5*1-4H,(H,8,9);1H. The van der Waals surface area contributed by atoms with Crippen molar-refractivity contribution >= 4 is 42.3 Å². The number of pyridine rings is 5. The maximum atomic E-state index is 10.2. The van der Waals surface area contributed by atoms with Gasteiger partial charge in [-0.3, -0.25) is 24.9 Å². The monoisotopic (exact) mass is 651 g/mol. The van der Waals surface area contributed by atoms with E-state index in [1.54, 1.807) is 30.3 Å². The molecule has 238 valence electrons. The largest absolute Gasteiger partial charge is 0.478 e. The lowest BCUT2D eigenvalue weighted by Crippen LogP contribution is -1.94. The normalized spacial score (nSPS) is 8.70. The summed E-state index contributed by atoms with van der Waals surface area (Å²) in [6, 6.07) is 15.4. The lowest BCUT2D eigenvalue weighted by atomic mass is 10.3. The highest BCUT2D eigenvalue weighted by molar-refractivity contribution is 5.88. The molecule has 0 radical (unpaired) electrons. The van der Waals surface area contributed by atoms with E-state index in [1.807, 2.05) is 0 Å². The van der Waals surface area contributed by atoms with Crippen molar-refractivity contribution in [3.8, 4) is 0 Å². The summed E-state index contributed by atoms with van der Waals surface area (Å²) in [5.74, 6) is -4.71. The molecular formula is C30H26ClN5O10. The van der Waals surface area contributed by atoms with Crippen molar-refractivity contribution in [3.05, 3.63) is 150 Å². The molecule has 0 aliphatic carbocycles. The molecule has 5 heterocycles. The first-order chi connectivity index (χ1) is 21.5. The summed E-state index contributed by atoms with van der Waals surface area (Å²) in [6.07, 6.45) is 14.2. The summed E-state index contributed by atoms with van der Waals surface area (Å²) in [4.78, 5) is 68.9. The SMILES string of the molecule is Cl.O=C(O)c1cccnc1.O=C(O)c1cccnc1.O=C(O)c1cccnc1.O=C(O)c1cccnc1.O=C(O)c1cccnc1. The molecule has 0 saturated carbocycles. The second-order valence-corrected chi connectivity index (χ2v) is 7.73. The molecule has 0 spiro atoms. The quantitative estimate of drug-likeness (QED) is 0.177. The Morgan fingerprint density at radius 3 is 0.565 bits per heavy atom. The molecule has 16 heteroatoms. The lowest BCUT2D eigenvalue weighted by molar-refractivity contribution is 0.0685. The van der Waals surface area contributed by atoms with E-state index < -0.39 is 29.8 Å². The van der Waals surface area contributed by atoms with Crippen molar-refractivity contribution in [3.63, 3.8) is 0 Å². The van der Waals surface area contributed by atoms with Crippen LogP contribution in [-0.4, -0.2) is 80.3 Å². The molecule has 5 rings (SSSR count). The van der Waals surface area contributed by atoms with Crippen LogP contribution in [0.1, 0.15) is 51.8 Å². The van der Waals surface area contributed by atoms with Gasteiger partial charge in [0.15, 0.2) is 0 Å². The molecule has 0 amide bonds. The molecule has 46 heavy (non-hydrogen) atoms. The molecule has 0 fully saturated rings. The molecule has 0 unspecified atom stereocenters. The van der Waals surface area contributed by atoms with E-state index in [1.165, 1.54) is 92.3 Å². The summed E-state index contributed by atoms with van der Waals surface area (Å²) in [6.45, 7) is 0. The Bertz CT molecular complexity index is 1330. The first-order valence-electron chi connectivity index (χ1n) is 12.2. The minimum atomic E-state index is -0.942. The number of carboxylic acid groups (broad SMARTS) is 5. The fraction of sp³-hybridized carbons (Fsp3) is 0. The smallest absolute Gasteiger partial charge is 0.337 e. The third-order valence-corrected chi connectivity index (χ3v) is 4.54. The van der Waals surface area contributed by atoms with Crippen LogP contribution in [-0.2, 0) is 0 Å². The molecule has 5 aromatic heterocycles. The number of aromatic nitrogens is 5. The fourth-order valence-electron chi connectivity index (χ4n) is 2.45. The van der Waals surface area contributed by atoms with Crippen LogP contribution in [0.2, 0.25) is 0 Å². The number of carboxylic acids is 5. The zero-order valence-electron chi connectivity index (χ0n) is 23.5. The van der Waals surface area contributed by atoms with E-state index in [-0.39, 0.29) is 40.2 Å². The Balaban J connectivity index is 0.000000547. The van der Waals surface area contributed by atoms with Crippen molar-refractivity contribution in [2.45, 2.75) is 0 Å². The number of carbonyl (C=O) groups is 5. The predicted molar refractivity (Wildman–Crippen MR) is 163 cm³/mol. The first kappa shape index (κ1) is 39.4. The molecule has 0 aliphatic heterocycles. The van der Waals surface area contributed by atoms with Crippen molar-refractivity contribution in [2.75, 3.05) is 0 Å². The van der Waals surface area contributed by atoms with E-state index >= 15 is 0 Å². The molecule has 0 aliphatic rings. The highest BCUT2D eigenvalue weighted by Gasteiger charge is 2.00. The highest BCUT2D eigenvalue weighted by Crippen LogP contribution is 1.96. The average molecular weight is 652 g/mol. The Hall–Kier alpha value is -6.61. The first-order valence-corrected chi connectivity index (χ1v) is 12.2. The van der Waals surface area contributed by atoms with E-state index in [4.69, 9.17) is 25.5 Å². The fourth-order valence-corrected chi connectivity index (χ4v) is 2.45. The van der Waals surface area contributed by atoms with Crippen LogP contribution in [0.3, 0.4) is 0 Å². The summed E-state index contributed by atoms with van der Waals surface area (Å²) in [5, 5.41) is 41.7. The average Bonchev–Trinajstić information content (AvgIpc) is 3.08. The van der Waals surface area contributed by atoms with Crippen LogP contribution in [0, 0.1) is 0 Å². The molecule has 5 aromatic rings.